The molecule has 0 saturated heterocycles. The molecular weight excluding hydrogens is 266 g/mol. The van der Waals surface area contributed by atoms with Gasteiger partial charge < -0.3 is 15.8 Å². The number of nitrogens with two attached hydrogens (primary N) is 1. The Morgan fingerprint density at radius 1 is 1.43 bits per heavy atom. The van der Waals surface area contributed by atoms with E-state index in [0.717, 1.165) is 12.8 Å². The molecule has 0 radical (unpaired) electrons. The van der Waals surface area contributed by atoms with Gasteiger partial charge in [-0.2, -0.15) is 0 Å². The maximum Gasteiger partial charge on any atom is 0.341 e. The van der Waals surface area contributed by atoms with E-state index in [0.29, 0.717) is 35.6 Å². The third-order valence-corrected chi connectivity index (χ3v) is 4.16. The minimum atomic E-state index is -0.372. The van der Waals surface area contributed by atoms with Crippen LogP contribution < -0.4 is 11.1 Å². The molecule has 5 heteroatoms. The van der Waals surface area contributed by atoms with Crippen LogP contribution in [0.2, 0.25) is 0 Å². The van der Waals surface area contributed by atoms with Crippen LogP contribution in [0, 0.1) is 5.92 Å². The summed E-state index contributed by atoms with van der Waals surface area (Å²) in [6, 6.07) is 2.00. The molecule has 1 fully saturated rings. The summed E-state index contributed by atoms with van der Waals surface area (Å²) in [5.41, 5.74) is 6.65. The quantitative estimate of drug-likeness (QED) is 0.814. The first-order valence-electron chi connectivity index (χ1n) is 7.84. The van der Waals surface area contributed by atoms with Crippen molar-refractivity contribution < 1.29 is 9.53 Å². The molecule has 2 rings (SSSR count). The lowest BCUT2D eigenvalue weighted by Crippen LogP contribution is -2.33. The van der Waals surface area contributed by atoms with Crippen LogP contribution in [0.25, 0.3) is 0 Å². The number of hydrogen-bond donors (Lipinski definition) is 2. The number of rotatable bonds is 5. The molecule has 2 atom stereocenters. The molecule has 1 aromatic heterocycles. The van der Waals surface area contributed by atoms with Gasteiger partial charge in [-0.15, -0.1) is 0 Å². The molecular formula is C16H25N3O2. The van der Waals surface area contributed by atoms with Crippen LogP contribution >= 0.6 is 0 Å². The first kappa shape index (κ1) is 15.6. The van der Waals surface area contributed by atoms with Crippen molar-refractivity contribution >= 4 is 17.5 Å². The van der Waals surface area contributed by atoms with E-state index in [-0.39, 0.29) is 5.97 Å². The molecule has 1 aromatic rings. The lowest BCUT2D eigenvalue weighted by Gasteiger charge is -2.32. The number of pyridine rings is 1. The molecule has 21 heavy (non-hydrogen) atoms. The first-order chi connectivity index (χ1) is 10.2. The van der Waals surface area contributed by atoms with Crippen molar-refractivity contribution in [1.82, 2.24) is 4.98 Å². The van der Waals surface area contributed by atoms with Crippen molar-refractivity contribution in [3.05, 3.63) is 17.8 Å². The monoisotopic (exact) mass is 291 g/mol. The molecule has 1 heterocycles. The lowest BCUT2D eigenvalue weighted by atomic mass is 9.83. The van der Waals surface area contributed by atoms with Gasteiger partial charge in [-0.05, 0) is 31.7 Å². The van der Waals surface area contributed by atoms with Gasteiger partial charge in [-0.1, -0.05) is 26.2 Å². The Labute approximate surface area is 126 Å². The number of ether oxygens (including phenoxy) is 1. The summed E-state index contributed by atoms with van der Waals surface area (Å²) in [6.07, 6.45) is 7.58. The lowest BCUT2D eigenvalue weighted by molar-refractivity contribution is 0.0527. The predicted octanol–water partition coefficient (Wildman–Crippen LogP) is 3.22. The van der Waals surface area contributed by atoms with Crippen LogP contribution in [0.15, 0.2) is 12.3 Å². The Morgan fingerprint density at radius 2 is 2.19 bits per heavy atom. The number of nitrogens with zero attached hydrogens (tertiary/aromatic N) is 1. The second-order valence-corrected chi connectivity index (χ2v) is 5.59. The van der Waals surface area contributed by atoms with E-state index in [1.165, 1.54) is 19.3 Å². The number of nitrogen functional groups attached to an aromatic ring is 1. The van der Waals surface area contributed by atoms with E-state index >= 15 is 0 Å². The second kappa shape index (κ2) is 7.29. The van der Waals surface area contributed by atoms with Crippen molar-refractivity contribution in [2.45, 2.75) is 52.0 Å². The van der Waals surface area contributed by atoms with Crippen molar-refractivity contribution in [3.63, 3.8) is 0 Å². The summed E-state index contributed by atoms with van der Waals surface area (Å²) in [5.74, 6) is 0.852. The average Bonchev–Trinajstić information content (AvgIpc) is 2.49. The van der Waals surface area contributed by atoms with Crippen molar-refractivity contribution in [3.8, 4) is 0 Å². The van der Waals surface area contributed by atoms with Gasteiger partial charge in [-0.3, -0.25) is 0 Å². The third kappa shape index (κ3) is 3.86. The number of anilines is 2. The molecule has 1 aliphatic carbocycles. The van der Waals surface area contributed by atoms with Crippen LogP contribution in [0.4, 0.5) is 11.5 Å². The van der Waals surface area contributed by atoms with Crippen LogP contribution in [0.1, 0.15) is 56.3 Å². The van der Waals surface area contributed by atoms with Gasteiger partial charge in [0.05, 0.1) is 18.5 Å². The van der Waals surface area contributed by atoms with Crippen LogP contribution in [0.3, 0.4) is 0 Å². The van der Waals surface area contributed by atoms with E-state index in [2.05, 4.69) is 17.2 Å². The van der Waals surface area contributed by atoms with Crippen molar-refractivity contribution in [2.24, 2.45) is 5.92 Å². The van der Waals surface area contributed by atoms with Crippen molar-refractivity contribution in [1.29, 1.82) is 0 Å². The molecule has 0 aromatic carbocycles. The fourth-order valence-electron chi connectivity index (χ4n) is 3.02. The Hall–Kier alpha value is -1.78. The van der Waals surface area contributed by atoms with Gasteiger partial charge in [0.1, 0.15) is 11.4 Å². The van der Waals surface area contributed by atoms with Gasteiger partial charge in [0, 0.05) is 6.04 Å². The summed E-state index contributed by atoms with van der Waals surface area (Å²) in [7, 11) is 0. The fourth-order valence-corrected chi connectivity index (χ4v) is 3.02. The molecule has 0 spiro atoms. The summed E-state index contributed by atoms with van der Waals surface area (Å²) >= 11 is 0. The van der Waals surface area contributed by atoms with Crippen LogP contribution in [-0.4, -0.2) is 23.6 Å². The van der Waals surface area contributed by atoms with Crippen molar-refractivity contribution in [2.75, 3.05) is 17.7 Å². The summed E-state index contributed by atoms with van der Waals surface area (Å²) < 4.78 is 5.09. The Morgan fingerprint density at radius 3 is 2.90 bits per heavy atom. The molecule has 1 aliphatic rings. The first-order valence-corrected chi connectivity index (χ1v) is 7.84. The average molecular weight is 291 g/mol. The summed E-state index contributed by atoms with van der Waals surface area (Å²) in [5, 5.41) is 3.45. The second-order valence-electron chi connectivity index (χ2n) is 5.59. The molecule has 2 unspecified atom stereocenters. The number of nitrogens with one attached hydrogen (secondary N) is 1. The number of esters is 1. The zero-order valence-corrected chi connectivity index (χ0v) is 12.9. The van der Waals surface area contributed by atoms with E-state index in [4.69, 9.17) is 10.5 Å². The topological polar surface area (TPSA) is 77.2 Å². The third-order valence-electron chi connectivity index (χ3n) is 4.16. The number of aromatic nitrogens is 1. The largest absolute Gasteiger partial charge is 0.462 e. The SMILES string of the molecule is CCOC(=O)c1cc(N)cnc1NC1CCCCC1CC. The normalized spacial score (nSPS) is 21.8. The molecule has 116 valence electrons. The molecule has 5 nitrogen and oxygen atoms in total. The highest BCUT2D eigenvalue weighted by atomic mass is 16.5. The van der Waals surface area contributed by atoms with Gasteiger partial charge in [0.15, 0.2) is 0 Å². The smallest absolute Gasteiger partial charge is 0.341 e. The number of carbonyl (C=O) groups excluding carboxylic acids is 1. The highest BCUT2D eigenvalue weighted by Crippen LogP contribution is 2.30. The molecule has 0 amide bonds. The van der Waals surface area contributed by atoms with Gasteiger partial charge >= 0.3 is 5.97 Å². The fraction of sp³-hybridized carbons (Fsp3) is 0.625. The van der Waals surface area contributed by atoms with Crippen LogP contribution in [0.5, 0.6) is 0 Å². The molecule has 1 saturated carbocycles. The van der Waals surface area contributed by atoms with Gasteiger partial charge in [0.2, 0.25) is 0 Å². The zero-order chi connectivity index (χ0) is 15.2. The Kier molecular flexibility index (Phi) is 5.42. The number of carbonyl (C=O) groups is 1. The Balaban J connectivity index is 2.20. The standard InChI is InChI=1S/C16H25N3O2/c1-3-11-7-5-6-8-14(11)19-15-13(16(20)21-4-2)9-12(17)10-18-15/h9-11,14H,3-8,17H2,1-2H3,(H,18,19). The van der Waals surface area contributed by atoms with E-state index < -0.39 is 0 Å². The number of hydrogen-bond acceptors (Lipinski definition) is 5. The summed E-state index contributed by atoms with van der Waals surface area (Å²) in [6.45, 7) is 4.35. The van der Waals surface area contributed by atoms with Crippen LogP contribution in [-0.2, 0) is 4.74 Å². The predicted molar refractivity (Wildman–Crippen MR) is 84.3 cm³/mol. The van der Waals surface area contributed by atoms with E-state index in [1.807, 2.05) is 0 Å². The molecule has 0 aliphatic heterocycles. The minimum absolute atomic E-state index is 0.341. The zero-order valence-electron chi connectivity index (χ0n) is 12.9. The van der Waals surface area contributed by atoms with E-state index in [1.54, 1.807) is 19.2 Å². The molecule has 0 bridgehead atoms. The Bertz CT molecular complexity index is 490. The minimum Gasteiger partial charge on any atom is -0.462 e. The van der Waals surface area contributed by atoms with Gasteiger partial charge in [0.25, 0.3) is 0 Å². The van der Waals surface area contributed by atoms with E-state index in [9.17, 15) is 4.79 Å². The van der Waals surface area contributed by atoms with Gasteiger partial charge in [-0.25, -0.2) is 9.78 Å². The highest BCUT2D eigenvalue weighted by molar-refractivity contribution is 5.95. The highest BCUT2D eigenvalue weighted by Gasteiger charge is 2.25. The maximum absolute atomic E-state index is 12.1. The molecule has 3 N–H and O–H groups in total. The maximum atomic E-state index is 12.1. The summed E-state index contributed by atoms with van der Waals surface area (Å²) in [4.78, 5) is 16.4.